The fourth-order valence-electron chi connectivity index (χ4n) is 9.58. The summed E-state index contributed by atoms with van der Waals surface area (Å²) in [5.41, 5.74) is 0. The predicted molar refractivity (Wildman–Crippen MR) is 314 cm³/mol. The second-order valence-electron chi connectivity index (χ2n) is 23.1. The molecule has 0 aliphatic carbocycles. The van der Waals surface area contributed by atoms with Crippen LogP contribution < -0.4 is 4.89 Å². The second kappa shape index (κ2) is 57.2. The van der Waals surface area contributed by atoms with E-state index < -0.39 is 13.9 Å². The van der Waals surface area contributed by atoms with Crippen LogP contribution in [0, 0.1) is 0 Å². The molecule has 0 N–H and O–H groups in total. The number of hydrogen-bond donors (Lipinski definition) is 0. The zero-order valence-corrected chi connectivity index (χ0v) is 50.5. The van der Waals surface area contributed by atoms with Crippen LogP contribution in [0.4, 0.5) is 0 Å². The number of rotatable bonds is 61. The third kappa shape index (κ3) is 61.7. The molecule has 0 heterocycles. The fraction of sp³-hybridized carbons (Fsp3) is 0.922. The molecule has 2 atom stereocenters. The Morgan fingerprint density at radius 1 is 0.425 bits per heavy atom. The van der Waals surface area contributed by atoms with Gasteiger partial charge in [-0.15, -0.1) is 0 Å². The van der Waals surface area contributed by atoms with Crippen molar-refractivity contribution in [1.29, 1.82) is 0 Å². The van der Waals surface area contributed by atoms with Gasteiger partial charge >= 0.3 is 5.97 Å². The van der Waals surface area contributed by atoms with Crippen LogP contribution in [0.15, 0.2) is 24.3 Å². The first kappa shape index (κ1) is 72.0. The highest BCUT2D eigenvalue weighted by Gasteiger charge is 2.20. The van der Waals surface area contributed by atoms with Crippen molar-refractivity contribution in [2.75, 3.05) is 54.1 Å². The van der Waals surface area contributed by atoms with Crippen LogP contribution in [0.1, 0.15) is 322 Å². The second-order valence-corrected chi connectivity index (χ2v) is 24.5. The Morgan fingerprint density at radius 2 is 0.753 bits per heavy atom. The van der Waals surface area contributed by atoms with Gasteiger partial charge < -0.3 is 27.9 Å². The average molecular weight is 1050 g/mol. The van der Waals surface area contributed by atoms with E-state index in [1.54, 1.807) is 0 Å². The van der Waals surface area contributed by atoms with Gasteiger partial charge in [0, 0.05) is 13.0 Å². The highest BCUT2D eigenvalue weighted by molar-refractivity contribution is 7.45. The van der Waals surface area contributed by atoms with Crippen molar-refractivity contribution in [3.63, 3.8) is 0 Å². The molecule has 9 heteroatoms. The minimum absolute atomic E-state index is 0.0292. The van der Waals surface area contributed by atoms with Gasteiger partial charge in [-0.25, -0.2) is 0 Å². The van der Waals surface area contributed by atoms with Gasteiger partial charge in [-0.05, 0) is 44.9 Å². The van der Waals surface area contributed by atoms with Gasteiger partial charge in [-0.3, -0.25) is 9.36 Å². The molecule has 0 bridgehead atoms. The number of carbonyl (C=O) groups excluding carboxylic acids is 1. The van der Waals surface area contributed by atoms with Crippen LogP contribution in [0.5, 0.6) is 0 Å². The van der Waals surface area contributed by atoms with Crippen molar-refractivity contribution in [2.24, 2.45) is 0 Å². The number of phosphoric acid groups is 1. The number of likely N-dealkylation sites (N-methyl/N-ethyl adjacent to an activating group) is 1. The van der Waals surface area contributed by atoms with E-state index in [1.807, 2.05) is 21.1 Å². The number of quaternary nitrogens is 1. The highest BCUT2D eigenvalue weighted by atomic mass is 31.2. The molecule has 8 nitrogen and oxygen atoms in total. The molecule has 2 unspecified atom stereocenters. The molecule has 0 spiro atoms. The maximum absolute atomic E-state index is 12.8. The molecule has 0 radical (unpaired) electrons. The first-order valence-electron chi connectivity index (χ1n) is 32.1. The lowest BCUT2D eigenvalue weighted by Crippen LogP contribution is -2.37. The number of carbonyl (C=O) groups is 1. The lowest BCUT2D eigenvalue weighted by molar-refractivity contribution is -0.870. The molecule has 0 aromatic heterocycles. The first-order valence-corrected chi connectivity index (χ1v) is 33.5. The van der Waals surface area contributed by atoms with E-state index in [9.17, 15) is 14.3 Å². The van der Waals surface area contributed by atoms with Gasteiger partial charge in [-0.2, -0.15) is 0 Å². The Hall–Kier alpha value is -1.02. The fourth-order valence-corrected chi connectivity index (χ4v) is 10.3. The quantitative estimate of drug-likeness (QED) is 0.0197. The molecule has 0 saturated heterocycles. The standard InChI is InChI=1S/C64H126NO7P/c1-6-8-10-12-14-16-18-20-22-24-26-28-30-32-34-36-38-40-42-44-46-48-50-52-54-56-59-69-61-63(62-71-73(67,68)70-60-58-65(3,4)5)72-64(66)57-55-53-51-49-47-45-43-41-39-37-35-33-31-29-27-25-23-21-19-17-15-13-11-9-7-2/h19,21,25,27,63H,6-18,20,22-24,26,28-62H2,1-5H3/b21-19-,27-25-. The van der Waals surface area contributed by atoms with E-state index in [0.717, 1.165) is 38.5 Å². The predicted octanol–water partition coefficient (Wildman–Crippen LogP) is 20.0. The van der Waals surface area contributed by atoms with E-state index >= 15 is 0 Å². The van der Waals surface area contributed by atoms with E-state index in [-0.39, 0.29) is 25.8 Å². The van der Waals surface area contributed by atoms with Crippen LogP contribution >= 0.6 is 7.82 Å². The number of allylic oxidation sites excluding steroid dienone is 4. The monoisotopic (exact) mass is 1050 g/mol. The Bertz CT molecular complexity index is 1220. The van der Waals surface area contributed by atoms with E-state index in [4.69, 9.17) is 18.5 Å². The molecule has 0 amide bonds. The Kier molecular flexibility index (Phi) is 56.4. The summed E-state index contributed by atoms with van der Waals surface area (Å²) >= 11 is 0. The SMILES string of the molecule is CCCCCCC/C=C\C/C=C\CCCCCCCCCCCCCCCC(=O)OC(COCCCCCCCCCCCCCCCCCCCCCCCCCCCC)COP(=O)([O-])OCC[N+](C)(C)C. The van der Waals surface area contributed by atoms with E-state index in [0.29, 0.717) is 24.1 Å². The van der Waals surface area contributed by atoms with E-state index in [2.05, 4.69) is 38.2 Å². The largest absolute Gasteiger partial charge is 0.756 e. The molecule has 434 valence electrons. The number of nitrogens with zero attached hydrogens (tertiary/aromatic N) is 1. The normalized spacial score (nSPS) is 13.5. The number of unbranched alkanes of at least 4 members (excludes halogenated alkanes) is 43. The summed E-state index contributed by atoms with van der Waals surface area (Å²) in [5.74, 6) is -0.327. The molecule has 0 aliphatic rings. The van der Waals surface area contributed by atoms with Crippen LogP contribution in [-0.2, 0) is 27.9 Å². The summed E-state index contributed by atoms with van der Waals surface area (Å²) in [6, 6.07) is 0. The third-order valence-electron chi connectivity index (χ3n) is 14.5. The molecular formula is C64H126NO7P. The molecule has 73 heavy (non-hydrogen) atoms. The Morgan fingerprint density at radius 3 is 1.11 bits per heavy atom. The lowest BCUT2D eigenvalue weighted by Gasteiger charge is -2.28. The van der Waals surface area contributed by atoms with Crippen LogP contribution in [0.2, 0.25) is 0 Å². The molecule has 0 fully saturated rings. The van der Waals surface area contributed by atoms with Crippen LogP contribution in [0.25, 0.3) is 0 Å². The summed E-state index contributed by atoms with van der Waals surface area (Å²) < 4.78 is 35.0. The van der Waals surface area contributed by atoms with Gasteiger partial charge in [0.05, 0.1) is 34.4 Å². The van der Waals surface area contributed by atoms with Gasteiger partial charge in [0.1, 0.15) is 19.3 Å². The van der Waals surface area contributed by atoms with Gasteiger partial charge in [0.2, 0.25) is 0 Å². The van der Waals surface area contributed by atoms with Crippen LogP contribution in [0.3, 0.4) is 0 Å². The van der Waals surface area contributed by atoms with Crippen LogP contribution in [-0.4, -0.2) is 70.7 Å². The van der Waals surface area contributed by atoms with Crippen molar-refractivity contribution in [3.05, 3.63) is 24.3 Å². The van der Waals surface area contributed by atoms with Crippen molar-refractivity contribution in [1.82, 2.24) is 0 Å². The molecule has 0 aliphatic heterocycles. The topological polar surface area (TPSA) is 94.1 Å². The Labute approximate surface area is 455 Å². The summed E-state index contributed by atoms with van der Waals surface area (Å²) in [4.78, 5) is 25.3. The lowest BCUT2D eigenvalue weighted by atomic mass is 10.0. The van der Waals surface area contributed by atoms with Crippen molar-refractivity contribution >= 4 is 13.8 Å². The minimum atomic E-state index is -4.53. The van der Waals surface area contributed by atoms with Crippen molar-refractivity contribution < 1.29 is 37.3 Å². The van der Waals surface area contributed by atoms with Crippen molar-refractivity contribution in [3.8, 4) is 0 Å². The summed E-state index contributed by atoms with van der Waals surface area (Å²) in [6.07, 6.45) is 71.0. The smallest absolute Gasteiger partial charge is 0.306 e. The molecular weight excluding hydrogens is 926 g/mol. The number of phosphoric ester groups is 1. The van der Waals surface area contributed by atoms with Gasteiger partial charge in [0.15, 0.2) is 0 Å². The van der Waals surface area contributed by atoms with E-state index in [1.165, 1.54) is 263 Å². The summed E-state index contributed by atoms with van der Waals surface area (Å²) in [6.45, 7) is 5.49. The molecule has 0 saturated carbocycles. The number of hydrogen-bond acceptors (Lipinski definition) is 7. The minimum Gasteiger partial charge on any atom is -0.756 e. The maximum Gasteiger partial charge on any atom is 0.306 e. The highest BCUT2D eigenvalue weighted by Crippen LogP contribution is 2.38. The van der Waals surface area contributed by atoms with Crippen molar-refractivity contribution in [2.45, 2.75) is 328 Å². The molecule has 0 aromatic carbocycles. The molecule has 0 rings (SSSR count). The average Bonchev–Trinajstić information content (AvgIpc) is 3.35. The third-order valence-corrected chi connectivity index (χ3v) is 15.5. The molecule has 0 aromatic rings. The number of ether oxygens (including phenoxy) is 2. The zero-order chi connectivity index (χ0) is 53.3. The number of esters is 1. The first-order chi connectivity index (χ1) is 35.6. The van der Waals surface area contributed by atoms with Gasteiger partial charge in [0.25, 0.3) is 7.82 Å². The summed E-state index contributed by atoms with van der Waals surface area (Å²) in [5, 5.41) is 0. The Balaban J connectivity index is 3.97. The summed E-state index contributed by atoms with van der Waals surface area (Å²) in [7, 11) is 1.38. The van der Waals surface area contributed by atoms with Gasteiger partial charge in [-0.1, -0.05) is 295 Å². The maximum atomic E-state index is 12.8. The zero-order valence-electron chi connectivity index (χ0n) is 49.6.